The second-order valence-corrected chi connectivity index (χ2v) is 8.20. The van der Waals surface area contributed by atoms with Gasteiger partial charge in [0.1, 0.15) is 10.8 Å². The summed E-state index contributed by atoms with van der Waals surface area (Å²) >= 11 is 3.12. The van der Waals surface area contributed by atoms with Gasteiger partial charge in [0.05, 0.1) is 12.8 Å². The minimum atomic E-state index is 0.548. The van der Waals surface area contributed by atoms with Gasteiger partial charge in [-0.15, -0.1) is 21.5 Å². The van der Waals surface area contributed by atoms with Crippen LogP contribution in [0.2, 0.25) is 0 Å². The standard InChI is InChI=1S/C21H19N3O2S2/c1-13-8-14(2)10-16(9-13)19-23-24-21(26-19)28-12-17-11-27-20(22-17)15-4-6-18(25-3)7-5-15/h4-11H,12H2,1-3H3. The van der Waals surface area contributed by atoms with Crippen molar-refractivity contribution in [3.63, 3.8) is 0 Å². The quantitative estimate of drug-likeness (QED) is 0.376. The second-order valence-electron chi connectivity index (χ2n) is 6.41. The highest BCUT2D eigenvalue weighted by Crippen LogP contribution is 2.30. The molecule has 0 atom stereocenters. The number of benzene rings is 2. The van der Waals surface area contributed by atoms with Crippen molar-refractivity contribution in [1.82, 2.24) is 15.2 Å². The average Bonchev–Trinajstić information content (AvgIpc) is 3.35. The van der Waals surface area contributed by atoms with Crippen LogP contribution in [0.3, 0.4) is 0 Å². The van der Waals surface area contributed by atoms with E-state index in [-0.39, 0.29) is 0 Å². The van der Waals surface area contributed by atoms with Crippen LogP contribution >= 0.6 is 23.1 Å². The summed E-state index contributed by atoms with van der Waals surface area (Å²) < 4.78 is 11.0. The molecule has 2 aromatic carbocycles. The largest absolute Gasteiger partial charge is 0.497 e. The molecule has 0 radical (unpaired) electrons. The van der Waals surface area contributed by atoms with Crippen LogP contribution in [0, 0.1) is 13.8 Å². The first-order valence-electron chi connectivity index (χ1n) is 8.74. The number of hydrogen-bond donors (Lipinski definition) is 0. The zero-order valence-electron chi connectivity index (χ0n) is 15.8. The molecule has 4 rings (SSSR count). The van der Waals surface area contributed by atoms with Gasteiger partial charge in [0, 0.05) is 22.3 Å². The number of aryl methyl sites for hydroxylation is 2. The molecule has 0 saturated heterocycles. The van der Waals surface area contributed by atoms with E-state index < -0.39 is 0 Å². The van der Waals surface area contributed by atoms with E-state index in [4.69, 9.17) is 14.1 Å². The molecular weight excluding hydrogens is 390 g/mol. The fraction of sp³-hybridized carbons (Fsp3) is 0.190. The van der Waals surface area contributed by atoms with Gasteiger partial charge in [-0.05, 0) is 50.2 Å². The van der Waals surface area contributed by atoms with Gasteiger partial charge in [0.25, 0.3) is 5.22 Å². The Kier molecular flexibility index (Phi) is 5.45. The molecule has 0 spiro atoms. The summed E-state index contributed by atoms with van der Waals surface area (Å²) in [7, 11) is 1.66. The molecule has 0 fully saturated rings. The molecule has 0 aliphatic carbocycles. The van der Waals surface area contributed by atoms with Crippen molar-refractivity contribution in [1.29, 1.82) is 0 Å². The lowest BCUT2D eigenvalue weighted by Crippen LogP contribution is -1.84. The highest BCUT2D eigenvalue weighted by molar-refractivity contribution is 7.98. The maximum Gasteiger partial charge on any atom is 0.277 e. The van der Waals surface area contributed by atoms with E-state index in [9.17, 15) is 0 Å². The lowest BCUT2D eigenvalue weighted by atomic mass is 10.1. The second kappa shape index (κ2) is 8.16. The van der Waals surface area contributed by atoms with E-state index in [1.165, 1.54) is 22.9 Å². The van der Waals surface area contributed by atoms with E-state index in [0.717, 1.165) is 27.6 Å². The Morgan fingerprint density at radius 3 is 2.46 bits per heavy atom. The number of hydrogen-bond acceptors (Lipinski definition) is 7. The SMILES string of the molecule is COc1ccc(-c2nc(CSc3nnc(-c4cc(C)cc(C)c4)o3)cs2)cc1. The van der Waals surface area contributed by atoms with Gasteiger partial charge < -0.3 is 9.15 Å². The number of ether oxygens (including phenoxy) is 1. The summed E-state index contributed by atoms with van der Waals surface area (Å²) in [5.41, 5.74) is 5.38. The van der Waals surface area contributed by atoms with Gasteiger partial charge >= 0.3 is 0 Å². The average molecular weight is 410 g/mol. The first-order chi connectivity index (χ1) is 13.6. The third-order valence-corrected chi connectivity index (χ3v) is 5.90. The van der Waals surface area contributed by atoms with Crippen LogP contribution in [0.15, 0.2) is 57.5 Å². The molecule has 142 valence electrons. The Morgan fingerprint density at radius 1 is 1.00 bits per heavy atom. The Balaban J connectivity index is 1.42. The predicted octanol–water partition coefficient (Wildman–Crippen LogP) is 5.78. The molecule has 0 unspecified atom stereocenters. The van der Waals surface area contributed by atoms with Gasteiger partial charge in [0.15, 0.2) is 0 Å². The van der Waals surface area contributed by atoms with Gasteiger partial charge in [0.2, 0.25) is 5.89 Å². The van der Waals surface area contributed by atoms with Crippen molar-refractivity contribution in [2.24, 2.45) is 0 Å². The van der Waals surface area contributed by atoms with Crippen LogP contribution < -0.4 is 4.74 Å². The number of thiazole rings is 1. The van der Waals surface area contributed by atoms with Crippen LogP contribution in [0.1, 0.15) is 16.8 Å². The monoisotopic (exact) mass is 409 g/mol. The number of rotatable bonds is 6. The number of nitrogens with zero attached hydrogens (tertiary/aromatic N) is 3. The van der Waals surface area contributed by atoms with Crippen molar-refractivity contribution in [2.75, 3.05) is 7.11 Å². The van der Waals surface area contributed by atoms with Crippen LogP contribution in [-0.2, 0) is 5.75 Å². The van der Waals surface area contributed by atoms with Gasteiger partial charge in [-0.25, -0.2) is 4.98 Å². The normalized spacial score (nSPS) is 11.0. The molecule has 5 nitrogen and oxygen atoms in total. The van der Waals surface area contributed by atoms with Gasteiger partial charge in [-0.1, -0.05) is 29.0 Å². The Hall–Kier alpha value is -2.64. The van der Waals surface area contributed by atoms with Gasteiger partial charge in [-0.2, -0.15) is 0 Å². The fourth-order valence-electron chi connectivity index (χ4n) is 2.86. The molecule has 0 aliphatic heterocycles. The Bertz CT molecular complexity index is 1070. The molecule has 0 saturated carbocycles. The molecule has 7 heteroatoms. The molecule has 2 heterocycles. The summed E-state index contributed by atoms with van der Waals surface area (Å²) in [6, 6.07) is 14.1. The van der Waals surface area contributed by atoms with E-state index in [1.54, 1.807) is 18.4 Å². The van der Waals surface area contributed by atoms with Crippen molar-refractivity contribution in [2.45, 2.75) is 24.8 Å². The number of aromatic nitrogens is 3. The van der Waals surface area contributed by atoms with E-state index in [0.29, 0.717) is 16.9 Å². The highest BCUT2D eigenvalue weighted by Gasteiger charge is 2.12. The molecular formula is C21H19N3O2S2. The minimum absolute atomic E-state index is 0.548. The topological polar surface area (TPSA) is 61.0 Å². The summed E-state index contributed by atoms with van der Waals surface area (Å²) in [5, 5.41) is 11.9. The third-order valence-electron chi connectivity index (χ3n) is 4.11. The molecule has 0 aliphatic rings. The molecule has 2 aromatic heterocycles. The number of methoxy groups -OCH3 is 1. The molecule has 0 N–H and O–H groups in total. The minimum Gasteiger partial charge on any atom is -0.497 e. The lowest BCUT2D eigenvalue weighted by Gasteiger charge is -2.00. The summed E-state index contributed by atoms with van der Waals surface area (Å²) in [6.45, 7) is 4.12. The Morgan fingerprint density at radius 2 is 1.75 bits per heavy atom. The van der Waals surface area contributed by atoms with Crippen molar-refractivity contribution < 1.29 is 9.15 Å². The van der Waals surface area contributed by atoms with Crippen molar-refractivity contribution >= 4 is 23.1 Å². The van der Waals surface area contributed by atoms with Gasteiger partial charge in [-0.3, -0.25) is 0 Å². The molecule has 4 aromatic rings. The van der Waals surface area contributed by atoms with Crippen LogP contribution in [-0.4, -0.2) is 22.3 Å². The zero-order valence-corrected chi connectivity index (χ0v) is 17.4. The van der Waals surface area contributed by atoms with Crippen LogP contribution in [0.5, 0.6) is 5.75 Å². The summed E-state index contributed by atoms with van der Waals surface area (Å²) in [4.78, 5) is 4.71. The van der Waals surface area contributed by atoms with E-state index in [2.05, 4.69) is 47.6 Å². The van der Waals surface area contributed by atoms with Crippen LogP contribution in [0.4, 0.5) is 0 Å². The first kappa shape index (κ1) is 18.7. The Labute approximate surface area is 171 Å². The summed E-state index contributed by atoms with van der Waals surface area (Å²) in [5.74, 6) is 2.07. The predicted molar refractivity (Wildman–Crippen MR) is 113 cm³/mol. The van der Waals surface area contributed by atoms with Crippen molar-refractivity contribution in [3.05, 3.63) is 64.7 Å². The molecule has 28 heavy (non-hydrogen) atoms. The van der Waals surface area contributed by atoms with Crippen LogP contribution in [0.25, 0.3) is 22.0 Å². The highest BCUT2D eigenvalue weighted by atomic mass is 32.2. The zero-order chi connectivity index (χ0) is 19.5. The van der Waals surface area contributed by atoms with E-state index >= 15 is 0 Å². The smallest absolute Gasteiger partial charge is 0.277 e. The van der Waals surface area contributed by atoms with E-state index in [1.807, 2.05) is 24.3 Å². The van der Waals surface area contributed by atoms with Crippen molar-refractivity contribution in [3.8, 4) is 27.8 Å². The lowest BCUT2D eigenvalue weighted by molar-refractivity contribution is 0.415. The fourth-order valence-corrected chi connectivity index (χ4v) is 4.45. The summed E-state index contributed by atoms with van der Waals surface area (Å²) in [6.07, 6.45) is 0. The maximum atomic E-state index is 5.82. The molecule has 0 amide bonds. The third kappa shape index (κ3) is 4.26. The molecule has 0 bridgehead atoms. The number of thioether (sulfide) groups is 1. The maximum absolute atomic E-state index is 5.82. The first-order valence-corrected chi connectivity index (χ1v) is 10.6.